The number of hydrogen-bond acceptors (Lipinski definition) is 10. The minimum absolute atomic E-state index is 0.246. The van der Waals surface area contributed by atoms with E-state index in [9.17, 15) is 19.2 Å². The molecule has 174 valence electrons. The Morgan fingerprint density at radius 1 is 0.875 bits per heavy atom. The molecule has 0 N–H and O–H groups in total. The smallest absolute Gasteiger partial charge is 0.303 e. The van der Waals surface area contributed by atoms with Gasteiger partial charge in [-0.3, -0.25) is 19.2 Å². The molecule has 2 heterocycles. The molecule has 0 spiro atoms. The highest BCUT2D eigenvalue weighted by Gasteiger charge is 2.54. The molecule has 2 aliphatic heterocycles. The van der Waals surface area contributed by atoms with Crippen molar-refractivity contribution in [3.8, 4) is 0 Å². The van der Waals surface area contributed by atoms with Crippen LogP contribution in [0.2, 0.25) is 0 Å². The maximum absolute atomic E-state index is 12.0. The molecule has 1 saturated heterocycles. The number of rotatable bonds is 6. The topological polar surface area (TPSA) is 118 Å². The van der Waals surface area contributed by atoms with Crippen LogP contribution in [0.25, 0.3) is 0 Å². The predicted molar refractivity (Wildman–Crippen MR) is 109 cm³/mol. The average Bonchev–Trinajstić information content (AvgIpc) is 3.12. The molecule has 10 nitrogen and oxygen atoms in total. The molecule has 3 rings (SSSR count). The lowest BCUT2D eigenvalue weighted by atomic mass is 9.96. The van der Waals surface area contributed by atoms with E-state index >= 15 is 0 Å². The van der Waals surface area contributed by atoms with E-state index < -0.39 is 54.5 Å². The van der Waals surface area contributed by atoms with E-state index in [0.29, 0.717) is 6.54 Å². The summed E-state index contributed by atoms with van der Waals surface area (Å²) in [4.78, 5) is 49.0. The average molecular weight is 449 g/mol. The Labute approximate surface area is 185 Å². The molecule has 0 aromatic heterocycles. The Kier molecular flexibility index (Phi) is 7.34. The molecule has 0 radical (unpaired) electrons. The largest absolute Gasteiger partial charge is 0.463 e. The third-order valence-corrected chi connectivity index (χ3v) is 5.20. The van der Waals surface area contributed by atoms with Crippen molar-refractivity contribution in [3.05, 3.63) is 29.8 Å². The maximum Gasteiger partial charge on any atom is 0.303 e. The SMILES string of the molecule is CC(=O)OC[C@@H]1O[C@@H](N2CCc3ccccc32)[C@@H](OC(C)=O)[C@@H](OC(C)=O)[C@@H]1OC(C)=O. The van der Waals surface area contributed by atoms with Gasteiger partial charge >= 0.3 is 23.9 Å². The fourth-order valence-corrected chi connectivity index (χ4v) is 4.08. The van der Waals surface area contributed by atoms with Gasteiger partial charge in [-0.1, -0.05) is 18.2 Å². The predicted octanol–water partition coefficient (Wildman–Crippen LogP) is 1.13. The first-order chi connectivity index (χ1) is 15.2. The van der Waals surface area contributed by atoms with Gasteiger partial charge in [-0.15, -0.1) is 0 Å². The monoisotopic (exact) mass is 449 g/mol. The summed E-state index contributed by atoms with van der Waals surface area (Å²) >= 11 is 0. The second-order valence-electron chi connectivity index (χ2n) is 7.66. The van der Waals surface area contributed by atoms with Crippen LogP contribution in [0.3, 0.4) is 0 Å². The Bertz CT molecular complexity index is 886. The molecule has 1 fully saturated rings. The first-order valence-corrected chi connectivity index (χ1v) is 10.3. The Hall–Kier alpha value is -3.14. The third-order valence-electron chi connectivity index (χ3n) is 5.20. The highest BCUT2D eigenvalue weighted by molar-refractivity contribution is 5.69. The number of para-hydroxylation sites is 1. The van der Waals surface area contributed by atoms with E-state index in [1.807, 2.05) is 29.2 Å². The number of nitrogens with zero attached hydrogens (tertiary/aromatic N) is 1. The number of hydrogen-bond donors (Lipinski definition) is 0. The van der Waals surface area contributed by atoms with Gasteiger partial charge in [0, 0.05) is 39.9 Å². The summed E-state index contributed by atoms with van der Waals surface area (Å²) < 4.78 is 27.8. The Morgan fingerprint density at radius 3 is 2.09 bits per heavy atom. The van der Waals surface area contributed by atoms with Crippen LogP contribution in [-0.2, 0) is 49.3 Å². The molecule has 0 amide bonds. The second-order valence-corrected chi connectivity index (χ2v) is 7.66. The Balaban J connectivity index is 2.03. The van der Waals surface area contributed by atoms with Crippen molar-refractivity contribution < 1.29 is 42.9 Å². The van der Waals surface area contributed by atoms with E-state index in [1.165, 1.54) is 27.7 Å². The number of anilines is 1. The van der Waals surface area contributed by atoms with Crippen LogP contribution in [0.15, 0.2) is 24.3 Å². The lowest BCUT2D eigenvalue weighted by Crippen LogP contribution is -2.66. The summed E-state index contributed by atoms with van der Waals surface area (Å²) in [6.07, 6.45) is -4.53. The number of esters is 4. The highest BCUT2D eigenvalue weighted by atomic mass is 16.7. The van der Waals surface area contributed by atoms with Gasteiger partial charge in [0.15, 0.2) is 24.5 Å². The lowest BCUT2D eigenvalue weighted by molar-refractivity contribution is -0.252. The van der Waals surface area contributed by atoms with Gasteiger partial charge in [-0.2, -0.15) is 0 Å². The number of carbonyl (C=O) groups is 4. The minimum atomic E-state index is -1.17. The van der Waals surface area contributed by atoms with E-state index in [4.69, 9.17) is 23.7 Å². The molecule has 1 aromatic rings. The highest BCUT2D eigenvalue weighted by Crippen LogP contribution is 2.37. The summed E-state index contributed by atoms with van der Waals surface area (Å²) in [7, 11) is 0. The second kappa shape index (κ2) is 9.99. The van der Waals surface area contributed by atoms with E-state index in [-0.39, 0.29) is 6.61 Å². The van der Waals surface area contributed by atoms with Gasteiger partial charge in [0.25, 0.3) is 0 Å². The standard InChI is InChI=1S/C22H27NO9/c1-12(24)28-11-18-19(29-13(2)25)20(30-14(3)26)21(31-15(4)27)22(32-18)23-10-9-16-7-5-6-8-17(16)23/h5-8,18-22H,9-11H2,1-4H3/t18-,19+,20-,21-,22+/m0/s1. The van der Waals surface area contributed by atoms with Crippen molar-refractivity contribution >= 4 is 29.6 Å². The Morgan fingerprint density at radius 2 is 1.47 bits per heavy atom. The quantitative estimate of drug-likeness (QED) is 0.462. The summed E-state index contributed by atoms with van der Waals surface area (Å²) in [5.74, 6) is -2.48. The van der Waals surface area contributed by atoms with Crippen molar-refractivity contribution in [2.45, 2.75) is 64.8 Å². The van der Waals surface area contributed by atoms with E-state index in [1.54, 1.807) is 0 Å². The molecule has 0 unspecified atom stereocenters. The van der Waals surface area contributed by atoms with E-state index in [0.717, 1.165) is 17.7 Å². The van der Waals surface area contributed by atoms with Crippen LogP contribution < -0.4 is 4.90 Å². The van der Waals surface area contributed by atoms with Crippen LogP contribution in [0.4, 0.5) is 5.69 Å². The van der Waals surface area contributed by atoms with E-state index in [2.05, 4.69) is 0 Å². The van der Waals surface area contributed by atoms with Gasteiger partial charge in [0.1, 0.15) is 12.7 Å². The van der Waals surface area contributed by atoms with Crippen molar-refractivity contribution in [1.82, 2.24) is 0 Å². The number of benzene rings is 1. The van der Waals surface area contributed by atoms with Crippen molar-refractivity contribution in [3.63, 3.8) is 0 Å². The van der Waals surface area contributed by atoms with Gasteiger partial charge < -0.3 is 28.6 Å². The summed E-state index contributed by atoms with van der Waals surface area (Å²) in [5, 5.41) is 0. The molecule has 10 heteroatoms. The third kappa shape index (κ3) is 5.37. The van der Waals surface area contributed by atoms with Crippen molar-refractivity contribution in [2.75, 3.05) is 18.1 Å². The van der Waals surface area contributed by atoms with Crippen LogP contribution in [0, 0.1) is 0 Å². The number of carbonyl (C=O) groups excluding carboxylic acids is 4. The van der Waals surface area contributed by atoms with Gasteiger partial charge in [0.05, 0.1) is 0 Å². The molecule has 0 bridgehead atoms. The summed E-state index contributed by atoms with van der Waals surface area (Å²) in [5.41, 5.74) is 1.97. The first-order valence-electron chi connectivity index (χ1n) is 10.3. The molecule has 5 atom stereocenters. The molecular weight excluding hydrogens is 422 g/mol. The molecule has 0 aliphatic carbocycles. The summed E-state index contributed by atoms with van der Waals surface area (Å²) in [6.45, 7) is 5.18. The van der Waals surface area contributed by atoms with Crippen LogP contribution in [0.1, 0.15) is 33.3 Å². The summed E-state index contributed by atoms with van der Waals surface area (Å²) in [6, 6.07) is 7.70. The van der Waals surface area contributed by atoms with Crippen LogP contribution in [-0.4, -0.2) is 67.7 Å². The number of ether oxygens (including phenoxy) is 5. The van der Waals surface area contributed by atoms with Crippen molar-refractivity contribution in [1.29, 1.82) is 0 Å². The molecular formula is C22H27NO9. The van der Waals surface area contributed by atoms with Crippen LogP contribution >= 0.6 is 0 Å². The zero-order valence-electron chi connectivity index (χ0n) is 18.4. The van der Waals surface area contributed by atoms with Gasteiger partial charge in [0.2, 0.25) is 0 Å². The van der Waals surface area contributed by atoms with Gasteiger partial charge in [-0.05, 0) is 18.1 Å². The van der Waals surface area contributed by atoms with Crippen LogP contribution in [0.5, 0.6) is 0 Å². The fraction of sp³-hybridized carbons (Fsp3) is 0.545. The molecule has 0 saturated carbocycles. The van der Waals surface area contributed by atoms with Crippen molar-refractivity contribution in [2.24, 2.45) is 0 Å². The molecule has 1 aromatic carbocycles. The zero-order valence-corrected chi connectivity index (χ0v) is 18.4. The minimum Gasteiger partial charge on any atom is -0.463 e. The number of fused-ring (bicyclic) bond motifs is 1. The van der Waals surface area contributed by atoms with Gasteiger partial charge in [-0.25, -0.2) is 0 Å². The normalized spacial score (nSPS) is 26.6. The lowest BCUT2D eigenvalue weighted by Gasteiger charge is -2.47. The fourth-order valence-electron chi connectivity index (χ4n) is 4.08. The first kappa shape index (κ1) is 23.5. The zero-order chi connectivity index (χ0) is 23.4. The maximum atomic E-state index is 12.0. The molecule has 2 aliphatic rings. The molecule has 32 heavy (non-hydrogen) atoms.